The number of sulfonamides is 1. The molecule has 1 aliphatic rings. The molecule has 1 unspecified atom stereocenters. The van der Waals surface area contributed by atoms with Gasteiger partial charge in [0.15, 0.2) is 0 Å². The van der Waals surface area contributed by atoms with Gasteiger partial charge in [0, 0.05) is 25.0 Å². The Labute approximate surface area is 114 Å². The lowest BCUT2D eigenvalue weighted by molar-refractivity contribution is 0.428. The van der Waals surface area contributed by atoms with Gasteiger partial charge in [0.25, 0.3) is 0 Å². The maximum Gasteiger partial charge on any atom is 0.216 e. The molecule has 0 amide bonds. The molecule has 2 rings (SSSR count). The summed E-state index contributed by atoms with van der Waals surface area (Å²) < 4.78 is 26.6. The number of hydrogen-bond acceptors (Lipinski definition) is 4. The molecule has 0 aromatic carbocycles. The summed E-state index contributed by atoms with van der Waals surface area (Å²) in [4.78, 5) is 3.87. The largest absolute Gasteiger partial charge is 0.315 e. The van der Waals surface area contributed by atoms with Gasteiger partial charge in [-0.3, -0.25) is 4.98 Å². The molecular weight excluding hydrogens is 274 g/mol. The quantitative estimate of drug-likeness (QED) is 0.856. The second-order valence-electron chi connectivity index (χ2n) is 4.28. The van der Waals surface area contributed by atoms with Crippen molar-refractivity contribution in [1.82, 2.24) is 15.0 Å². The van der Waals surface area contributed by atoms with Crippen LogP contribution < -0.4 is 10.0 Å². The third-order valence-electron chi connectivity index (χ3n) is 2.75. The van der Waals surface area contributed by atoms with Gasteiger partial charge < -0.3 is 5.32 Å². The zero-order chi connectivity index (χ0) is 12.1. The molecule has 2 heterocycles. The predicted octanol–water partition coefficient (Wildman–Crippen LogP) is 0.675. The number of nitrogens with zero attached hydrogens (tertiary/aromatic N) is 1. The number of nitrogens with one attached hydrogen (secondary N) is 2. The summed E-state index contributed by atoms with van der Waals surface area (Å²) in [5.41, 5.74) is 0.760. The second-order valence-corrected chi connectivity index (χ2v) is 6.03. The Morgan fingerprint density at radius 1 is 1.39 bits per heavy atom. The van der Waals surface area contributed by atoms with Gasteiger partial charge in [-0.2, -0.15) is 0 Å². The summed E-state index contributed by atoms with van der Waals surface area (Å²) in [5, 5.41) is 3.18. The molecule has 0 saturated carbocycles. The lowest BCUT2D eigenvalue weighted by Crippen LogP contribution is -2.45. The van der Waals surface area contributed by atoms with Crippen LogP contribution in [0.1, 0.15) is 18.4 Å². The topological polar surface area (TPSA) is 71.1 Å². The number of aromatic nitrogens is 1. The van der Waals surface area contributed by atoms with Crippen molar-refractivity contribution in [3.8, 4) is 0 Å². The minimum atomic E-state index is -3.25. The fraction of sp³-hybridized carbons (Fsp3) is 0.545. The molecule has 102 valence electrons. The molecule has 2 N–H and O–H groups in total. The molecule has 5 nitrogen and oxygen atoms in total. The van der Waals surface area contributed by atoms with Crippen LogP contribution in [-0.2, 0) is 15.8 Å². The van der Waals surface area contributed by atoms with Crippen LogP contribution in [0.5, 0.6) is 0 Å². The van der Waals surface area contributed by atoms with Crippen molar-refractivity contribution in [2.24, 2.45) is 0 Å². The highest BCUT2D eigenvalue weighted by Gasteiger charge is 2.19. The number of rotatable bonds is 4. The van der Waals surface area contributed by atoms with E-state index in [1.54, 1.807) is 24.5 Å². The zero-order valence-electron chi connectivity index (χ0n) is 10.0. The van der Waals surface area contributed by atoms with Gasteiger partial charge in [-0.15, -0.1) is 12.4 Å². The van der Waals surface area contributed by atoms with E-state index in [4.69, 9.17) is 0 Å². The van der Waals surface area contributed by atoms with E-state index < -0.39 is 10.0 Å². The van der Waals surface area contributed by atoms with E-state index in [1.807, 2.05) is 0 Å². The van der Waals surface area contributed by atoms with Crippen molar-refractivity contribution in [3.05, 3.63) is 30.1 Å². The SMILES string of the molecule is Cl.O=S(=O)(Cc1ccncc1)NC1CCCNC1. The van der Waals surface area contributed by atoms with Crippen molar-refractivity contribution in [1.29, 1.82) is 0 Å². The van der Waals surface area contributed by atoms with Crippen LogP contribution in [0.4, 0.5) is 0 Å². The van der Waals surface area contributed by atoms with Crippen molar-refractivity contribution in [2.45, 2.75) is 24.6 Å². The molecule has 1 aromatic heterocycles. The zero-order valence-corrected chi connectivity index (χ0v) is 11.6. The first-order valence-electron chi connectivity index (χ1n) is 5.75. The summed E-state index contributed by atoms with van der Waals surface area (Å²) in [6, 6.07) is 3.46. The first kappa shape index (κ1) is 15.4. The molecule has 1 atom stereocenters. The summed E-state index contributed by atoms with van der Waals surface area (Å²) in [6.45, 7) is 1.69. The average Bonchev–Trinajstić information content (AvgIpc) is 2.30. The monoisotopic (exact) mass is 291 g/mol. The van der Waals surface area contributed by atoms with Gasteiger partial charge in [-0.05, 0) is 37.1 Å². The van der Waals surface area contributed by atoms with Gasteiger partial charge in [-0.25, -0.2) is 13.1 Å². The highest BCUT2D eigenvalue weighted by atomic mass is 35.5. The molecule has 1 saturated heterocycles. The van der Waals surface area contributed by atoms with E-state index in [2.05, 4.69) is 15.0 Å². The molecule has 0 bridgehead atoms. The lowest BCUT2D eigenvalue weighted by Gasteiger charge is -2.23. The Balaban J connectivity index is 0.00000162. The Bertz CT molecular complexity index is 447. The minimum Gasteiger partial charge on any atom is -0.315 e. The van der Waals surface area contributed by atoms with Crippen molar-refractivity contribution in [3.63, 3.8) is 0 Å². The maximum absolute atomic E-state index is 11.9. The third kappa shape index (κ3) is 4.89. The molecule has 1 fully saturated rings. The van der Waals surface area contributed by atoms with E-state index >= 15 is 0 Å². The molecule has 0 aliphatic carbocycles. The Kier molecular flexibility index (Phi) is 6.01. The van der Waals surface area contributed by atoms with Crippen LogP contribution in [0.2, 0.25) is 0 Å². The normalized spacial score (nSPS) is 20.1. The van der Waals surface area contributed by atoms with Crippen LogP contribution in [-0.4, -0.2) is 32.5 Å². The number of halogens is 1. The lowest BCUT2D eigenvalue weighted by atomic mass is 10.1. The molecule has 18 heavy (non-hydrogen) atoms. The summed E-state index contributed by atoms with van der Waals surface area (Å²) in [5.74, 6) is 0.0199. The highest BCUT2D eigenvalue weighted by Crippen LogP contribution is 2.07. The fourth-order valence-corrected chi connectivity index (χ4v) is 3.37. The second kappa shape index (κ2) is 7.04. The van der Waals surface area contributed by atoms with Crippen LogP contribution in [0.15, 0.2) is 24.5 Å². The smallest absolute Gasteiger partial charge is 0.216 e. The molecule has 7 heteroatoms. The van der Waals surface area contributed by atoms with Gasteiger partial charge in [0.1, 0.15) is 0 Å². The highest BCUT2D eigenvalue weighted by molar-refractivity contribution is 7.88. The van der Waals surface area contributed by atoms with Crippen LogP contribution in [0.3, 0.4) is 0 Å². The van der Waals surface area contributed by atoms with Gasteiger partial charge >= 0.3 is 0 Å². The van der Waals surface area contributed by atoms with Crippen LogP contribution in [0, 0.1) is 0 Å². The Morgan fingerprint density at radius 2 is 2.11 bits per heavy atom. The summed E-state index contributed by atoms with van der Waals surface area (Å²) in [7, 11) is -3.25. The summed E-state index contributed by atoms with van der Waals surface area (Å²) >= 11 is 0. The Hall–Kier alpha value is -0.690. The van der Waals surface area contributed by atoms with Crippen LogP contribution >= 0.6 is 12.4 Å². The number of piperidine rings is 1. The van der Waals surface area contributed by atoms with Crippen molar-refractivity contribution >= 4 is 22.4 Å². The molecule has 1 aliphatic heterocycles. The summed E-state index contributed by atoms with van der Waals surface area (Å²) in [6.07, 6.45) is 5.13. The molecule has 0 radical (unpaired) electrons. The third-order valence-corrected chi connectivity index (χ3v) is 4.15. The number of pyridine rings is 1. The van der Waals surface area contributed by atoms with E-state index in [-0.39, 0.29) is 24.2 Å². The van der Waals surface area contributed by atoms with E-state index in [9.17, 15) is 8.42 Å². The molecular formula is C11H18ClN3O2S. The standard InChI is InChI=1S/C11H17N3O2S.ClH/c15-17(16,9-10-3-6-12-7-4-10)14-11-2-1-5-13-8-11;/h3-4,6-7,11,13-14H,1-2,5,8-9H2;1H. The van der Waals surface area contributed by atoms with Crippen LogP contribution in [0.25, 0.3) is 0 Å². The molecule has 1 aromatic rings. The van der Waals surface area contributed by atoms with E-state index in [1.165, 1.54) is 0 Å². The molecule has 0 spiro atoms. The average molecular weight is 292 g/mol. The van der Waals surface area contributed by atoms with Crippen molar-refractivity contribution in [2.75, 3.05) is 13.1 Å². The van der Waals surface area contributed by atoms with Gasteiger partial charge in [-0.1, -0.05) is 0 Å². The minimum absolute atomic E-state index is 0. The first-order chi connectivity index (χ1) is 8.16. The maximum atomic E-state index is 11.9. The van der Waals surface area contributed by atoms with E-state index in [0.717, 1.165) is 31.5 Å². The Morgan fingerprint density at radius 3 is 2.72 bits per heavy atom. The van der Waals surface area contributed by atoms with Gasteiger partial charge in [0.05, 0.1) is 5.75 Å². The first-order valence-corrected chi connectivity index (χ1v) is 7.40. The predicted molar refractivity (Wildman–Crippen MR) is 73.1 cm³/mol. The fourth-order valence-electron chi connectivity index (χ4n) is 1.95. The number of hydrogen-bond donors (Lipinski definition) is 2. The van der Waals surface area contributed by atoms with Crippen molar-refractivity contribution < 1.29 is 8.42 Å². The van der Waals surface area contributed by atoms with E-state index in [0.29, 0.717) is 0 Å². The van der Waals surface area contributed by atoms with Gasteiger partial charge in [0.2, 0.25) is 10.0 Å².